The maximum Gasteiger partial charge on any atom is 0.140 e. The molecule has 3 aromatic heterocycles. The molecule has 0 bridgehead atoms. The zero-order valence-corrected chi connectivity index (χ0v) is 28.7. The van der Waals surface area contributed by atoms with Crippen molar-refractivity contribution < 1.29 is 0 Å². The molecule has 0 spiro atoms. The van der Waals surface area contributed by atoms with Gasteiger partial charge < -0.3 is 9.47 Å². The number of anilines is 2. The highest BCUT2D eigenvalue weighted by atomic mass is 15.2. The summed E-state index contributed by atoms with van der Waals surface area (Å²) < 4.78 is 4.70. The van der Waals surface area contributed by atoms with Crippen LogP contribution in [0.1, 0.15) is 18.4 Å². The lowest BCUT2D eigenvalue weighted by atomic mass is 9.80. The van der Waals surface area contributed by atoms with Crippen molar-refractivity contribution in [2.75, 3.05) is 4.90 Å². The van der Waals surface area contributed by atoms with Gasteiger partial charge in [-0.2, -0.15) is 0 Å². The standard InChI is InChI=1S/C48H34N4/c1-48-29-13-12-19-40(48)39-18-6-11-24-46(39)52(48)34-30-41(49-47(31-34)51-44-22-9-4-16-37(44)38-17-5-10-23-45(38)51)32-25-27-33(28-26-32)50-42-20-7-2-14-35(42)36-15-3-8-21-43(36)50/h2-31,40H,1H3. The van der Waals surface area contributed by atoms with E-state index in [0.717, 1.165) is 39.5 Å². The molecule has 2 aliphatic rings. The van der Waals surface area contributed by atoms with E-state index in [9.17, 15) is 0 Å². The van der Waals surface area contributed by atoms with Crippen molar-refractivity contribution in [2.45, 2.75) is 18.4 Å². The van der Waals surface area contributed by atoms with Gasteiger partial charge in [-0.15, -0.1) is 0 Å². The van der Waals surface area contributed by atoms with E-state index in [1.807, 2.05) is 0 Å². The molecule has 2 unspecified atom stereocenters. The third-order valence-corrected chi connectivity index (χ3v) is 11.3. The molecule has 4 nitrogen and oxygen atoms in total. The third-order valence-electron chi connectivity index (χ3n) is 11.3. The van der Waals surface area contributed by atoms with E-state index in [1.54, 1.807) is 0 Å². The van der Waals surface area contributed by atoms with Crippen molar-refractivity contribution in [2.24, 2.45) is 0 Å². The van der Waals surface area contributed by atoms with Gasteiger partial charge in [0.2, 0.25) is 0 Å². The van der Waals surface area contributed by atoms with Crippen molar-refractivity contribution >= 4 is 55.0 Å². The molecule has 9 aromatic rings. The molecule has 4 heteroatoms. The van der Waals surface area contributed by atoms with Crippen LogP contribution in [0.2, 0.25) is 0 Å². The molecule has 0 saturated heterocycles. The van der Waals surface area contributed by atoms with Gasteiger partial charge >= 0.3 is 0 Å². The number of rotatable bonds is 4. The minimum Gasteiger partial charge on any atom is -0.331 e. The second-order valence-corrected chi connectivity index (χ2v) is 14.2. The van der Waals surface area contributed by atoms with Crippen molar-refractivity contribution in [3.63, 3.8) is 0 Å². The Morgan fingerprint density at radius 1 is 0.519 bits per heavy atom. The summed E-state index contributed by atoms with van der Waals surface area (Å²) >= 11 is 0. The van der Waals surface area contributed by atoms with Crippen LogP contribution in [-0.2, 0) is 0 Å². The summed E-state index contributed by atoms with van der Waals surface area (Å²) in [5.74, 6) is 1.14. The molecule has 0 N–H and O–H groups in total. The van der Waals surface area contributed by atoms with Gasteiger partial charge in [-0.05, 0) is 61.0 Å². The Morgan fingerprint density at radius 3 is 1.67 bits per heavy atom. The van der Waals surface area contributed by atoms with Crippen molar-refractivity contribution in [3.8, 4) is 22.8 Å². The normalized spacial score (nSPS) is 17.8. The molecule has 52 heavy (non-hydrogen) atoms. The van der Waals surface area contributed by atoms with E-state index in [-0.39, 0.29) is 11.5 Å². The fourth-order valence-corrected chi connectivity index (χ4v) is 9.03. The van der Waals surface area contributed by atoms with Gasteiger partial charge in [0, 0.05) is 56.2 Å². The zero-order valence-electron chi connectivity index (χ0n) is 28.7. The van der Waals surface area contributed by atoms with Gasteiger partial charge in [0.15, 0.2) is 0 Å². The highest BCUT2D eigenvalue weighted by Gasteiger charge is 2.47. The van der Waals surface area contributed by atoms with Gasteiger partial charge in [0.05, 0.1) is 33.3 Å². The number of aromatic nitrogens is 3. The Morgan fingerprint density at radius 2 is 1.06 bits per heavy atom. The minimum atomic E-state index is -0.268. The number of nitrogens with zero attached hydrogens (tertiary/aromatic N) is 4. The van der Waals surface area contributed by atoms with E-state index < -0.39 is 0 Å². The fourth-order valence-electron chi connectivity index (χ4n) is 9.03. The zero-order chi connectivity index (χ0) is 34.4. The number of allylic oxidation sites excluding steroid dienone is 2. The summed E-state index contributed by atoms with van der Waals surface area (Å²) in [4.78, 5) is 8.02. The monoisotopic (exact) mass is 666 g/mol. The van der Waals surface area contributed by atoms with E-state index in [2.05, 4.69) is 203 Å². The molecular formula is C48H34N4. The average molecular weight is 667 g/mol. The minimum absolute atomic E-state index is 0.243. The van der Waals surface area contributed by atoms with Crippen LogP contribution in [0.4, 0.5) is 11.4 Å². The number of hydrogen-bond acceptors (Lipinski definition) is 2. The Balaban J connectivity index is 1.14. The Bertz CT molecular complexity index is 2830. The number of para-hydroxylation sites is 5. The van der Waals surface area contributed by atoms with Crippen LogP contribution in [0.25, 0.3) is 66.4 Å². The van der Waals surface area contributed by atoms with Crippen LogP contribution in [0.5, 0.6) is 0 Å². The first-order valence-electron chi connectivity index (χ1n) is 18.0. The first kappa shape index (κ1) is 29.1. The molecule has 1 aliphatic heterocycles. The summed E-state index contributed by atoms with van der Waals surface area (Å²) in [5.41, 5.74) is 11.3. The second-order valence-electron chi connectivity index (χ2n) is 14.2. The molecule has 2 atom stereocenters. The van der Waals surface area contributed by atoms with Crippen LogP contribution >= 0.6 is 0 Å². The average Bonchev–Trinajstić information content (AvgIpc) is 3.81. The Hall–Kier alpha value is -6.65. The molecule has 0 radical (unpaired) electrons. The van der Waals surface area contributed by atoms with E-state index in [4.69, 9.17) is 4.98 Å². The molecule has 0 amide bonds. The van der Waals surface area contributed by atoms with Crippen molar-refractivity contribution in [1.82, 2.24) is 14.1 Å². The summed E-state index contributed by atoms with van der Waals surface area (Å²) in [5, 5.41) is 4.97. The van der Waals surface area contributed by atoms with Crippen molar-refractivity contribution in [3.05, 3.63) is 188 Å². The first-order chi connectivity index (χ1) is 25.7. The predicted molar refractivity (Wildman–Crippen MR) is 216 cm³/mol. The van der Waals surface area contributed by atoms with Crippen molar-refractivity contribution in [1.29, 1.82) is 0 Å². The largest absolute Gasteiger partial charge is 0.331 e. The van der Waals surface area contributed by atoms with Gasteiger partial charge in [0.25, 0.3) is 0 Å². The van der Waals surface area contributed by atoms with Gasteiger partial charge in [-0.25, -0.2) is 4.98 Å². The van der Waals surface area contributed by atoms with Crippen LogP contribution in [0, 0.1) is 0 Å². The topological polar surface area (TPSA) is 26.0 Å². The lowest BCUT2D eigenvalue weighted by Crippen LogP contribution is -2.42. The molecule has 0 saturated carbocycles. The second kappa shape index (κ2) is 10.9. The highest BCUT2D eigenvalue weighted by Crippen LogP contribution is 2.54. The molecular weight excluding hydrogens is 633 g/mol. The third kappa shape index (κ3) is 4.06. The Kier molecular flexibility index (Phi) is 6.12. The van der Waals surface area contributed by atoms with Gasteiger partial charge in [-0.3, -0.25) is 4.57 Å². The molecule has 11 rings (SSSR count). The van der Waals surface area contributed by atoms with E-state index in [0.29, 0.717) is 0 Å². The molecule has 246 valence electrons. The fraction of sp³-hybridized carbons (Fsp3) is 0.0625. The predicted octanol–water partition coefficient (Wildman–Crippen LogP) is 12.1. The van der Waals surface area contributed by atoms with Gasteiger partial charge in [0.1, 0.15) is 5.82 Å². The molecule has 1 aliphatic carbocycles. The molecule has 4 heterocycles. The van der Waals surface area contributed by atoms with Crippen LogP contribution < -0.4 is 4.90 Å². The lowest BCUT2D eigenvalue weighted by Gasteiger charge is -2.39. The van der Waals surface area contributed by atoms with Crippen LogP contribution in [0.3, 0.4) is 0 Å². The maximum atomic E-state index is 5.49. The van der Waals surface area contributed by atoms with Crippen LogP contribution in [0.15, 0.2) is 182 Å². The quantitative estimate of drug-likeness (QED) is 0.187. The SMILES string of the molecule is CC12C=CC=CC1c1ccccc1N2c1cc(-c2ccc(-n3c4ccccc4c4ccccc43)cc2)nc(-n2c3ccccc3c3ccccc32)c1. The smallest absolute Gasteiger partial charge is 0.140 e. The first-order valence-corrected chi connectivity index (χ1v) is 18.0. The number of hydrogen-bond donors (Lipinski definition) is 0. The summed E-state index contributed by atoms with van der Waals surface area (Å²) in [6.45, 7) is 2.36. The Labute approximate surface area is 301 Å². The van der Waals surface area contributed by atoms with Gasteiger partial charge in [-0.1, -0.05) is 127 Å². The highest BCUT2D eigenvalue weighted by molar-refractivity contribution is 6.10. The number of pyridine rings is 1. The summed E-state index contributed by atoms with van der Waals surface area (Å²) in [6.07, 6.45) is 9.09. The molecule has 6 aromatic carbocycles. The summed E-state index contributed by atoms with van der Waals surface area (Å²) in [7, 11) is 0. The molecule has 0 fully saturated rings. The van der Waals surface area contributed by atoms with E-state index >= 15 is 0 Å². The van der Waals surface area contributed by atoms with Crippen LogP contribution in [-0.4, -0.2) is 19.7 Å². The van der Waals surface area contributed by atoms with E-state index in [1.165, 1.54) is 43.8 Å². The lowest BCUT2D eigenvalue weighted by molar-refractivity contribution is 0.542. The maximum absolute atomic E-state index is 5.49. The number of benzene rings is 6. The summed E-state index contributed by atoms with van der Waals surface area (Å²) in [6, 6.07) is 57.0. The number of fused-ring (bicyclic) bond motifs is 9.